The maximum atomic E-state index is 12.7. The summed E-state index contributed by atoms with van der Waals surface area (Å²) < 4.78 is 12.7. The Morgan fingerprint density at radius 2 is 1.62 bits per heavy atom. The van der Waals surface area contributed by atoms with Gasteiger partial charge in [-0.25, -0.2) is 4.39 Å². The van der Waals surface area contributed by atoms with Crippen LogP contribution in [-0.4, -0.2) is 5.11 Å². The standard InChI is InChI=1S/C12H7Cl2FO/c13-8-5-10(12(16)11(14)6-8)7-1-3-9(15)4-2-7/h1-6,16H. The van der Waals surface area contributed by atoms with Crippen LogP contribution in [0, 0.1) is 5.82 Å². The molecule has 0 heterocycles. The number of rotatable bonds is 1. The Morgan fingerprint density at radius 3 is 2.25 bits per heavy atom. The minimum absolute atomic E-state index is 0.0577. The van der Waals surface area contributed by atoms with Gasteiger partial charge in [-0.2, -0.15) is 0 Å². The molecular formula is C12H7Cl2FO. The van der Waals surface area contributed by atoms with Gasteiger partial charge < -0.3 is 5.11 Å². The summed E-state index contributed by atoms with van der Waals surface area (Å²) in [4.78, 5) is 0. The molecule has 0 fully saturated rings. The normalized spacial score (nSPS) is 10.4. The summed E-state index contributed by atoms with van der Waals surface area (Å²) >= 11 is 11.6. The smallest absolute Gasteiger partial charge is 0.142 e. The number of benzene rings is 2. The zero-order valence-corrected chi connectivity index (χ0v) is 9.56. The van der Waals surface area contributed by atoms with Crippen molar-refractivity contribution >= 4 is 23.2 Å². The number of phenols is 1. The number of hydrogen-bond donors (Lipinski definition) is 1. The van der Waals surface area contributed by atoms with E-state index in [4.69, 9.17) is 23.2 Å². The molecule has 0 aliphatic heterocycles. The predicted molar refractivity (Wildman–Crippen MR) is 63.5 cm³/mol. The van der Waals surface area contributed by atoms with E-state index in [1.165, 1.54) is 18.2 Å². The van der Waals surface area contributed by atoms with Gasteiger partial charge in [0.1, 0.15) is 11.6 Å². The van der Waals surface area contributed by atoms with Crippen LogP contribution in [0.5, 0.6) is 5.75 Å². The molecule has 0 unspecified atom stereocenters. The summed E-state index contributed by atoms with van der Waals surface area (Å²) in [5.41, 5.74) is 1.14. The zero-order valence-electron chi connectivity index (χ0n) is 8.05. The first-order chi connectivity index (χ1) is 7.58. The van der Waals surface area contributed by atoms with Gasteiger partial charge >= 0.3 is 0 Å². The van der Waals surface area contributed by atoms with Crippen LogP contribution in [0.4, 0.5) is 4.39 Å². The van der Waals surface area contributed by atoms with Crippen molar-refractivity contribution in [2.45, 2.75) is 0 Å². The third-order valence-electron chi connectivity index (χ3n) is 2.18. The fourth-order valence-electron chi connectivity index (χ4n) is 1.42. The average molecular weight is 257 g/mol. The molecule has 0 spiro atoms. The maximum absolute atomic E-state index is 12.7. The molecule has 0 saturated carbocycles. The van der Waals surface area contributed by atoms with Gasteiger partial charge in [0, 0.05) is 10.6 Å². The SMILES string of the molecule is Oc1c(Cl)cc(Cl)cc1-c1ccc(F)cc1. The van der Waals surface area contributed by atoms with E-state index < -0.39 is 0 Å². The van der Waals surface area contributed by atoms with Crippen molar-refractivity contribution in [3.63, 3.8) is 0 Å². The molecule has 1 N–H and O–H groups in total. The second-order valence-corrected chi connectivity index (χ2v) is 4.13. The van der Waals surface area contributed by atoms with Gasteiger partial charge in [0.05, 0.1) is 5.02 Å². The second-order valence-electron chi connectivity index (χ2n) is 3.29. The first-order valence-electron chi connectivity index (χ1n) is 4.52. The molecule has 0 bridgehead atoms. The van der Waals surface area contributed by atoms with Crippen molar-refractivity contribution in [2.75, 3.05) is 0 Å². The molecule has 2 aromatic carbocycles. The van der Waals surface area contributed by atoms with Crippen molar-refractivity contribution < 1.29 is 9.50 Å². The Kier molecular flexibility index (Phi) is 3.03. The summed E-state index contributed by atoms with van der Waals surface area (Å²) in [5.74, 6) is -0.394. The van der Waals surface area contributed by atoms with Crippen molar-refractivity contribution in [1.82, 2.24) is 0 Å². The quantitative estimate of drug-likeness (QED) is 0.797. The van der Waals surface area contributed by atoms with E-state index in [9.17, 15) is 9.50 Å². The number of phenolic OH excluding ortho intramolecular Hbond substituents is 1. The molecule has 82 valence electrons. The molecule has 0 amide bonds. The number of halogens is 3. The highest BCUT2D eigenvalue weighted by atomic mass is 35.5. The van der Waals surface area contributed by atoms with Crippen LogP contribution in [-0.2, 0) is 0 Å². The van der Waals surface area contributed by atoms with Gasteiger partial charge in [0.25, 0.3) is 0 Å². The Balaban J connectivity index is 2.59. The lowest BCUT2D eigenvalue weighted by Gasteiger charge is -2.07. The highest BCUT2D eigenvalue weighted by Gasteiger charge is 2.09. The Morgan fingerprint density at radius 1 is 1.00 bits per heavy atom. The lowest BCUT2D eigenvalue weighted by Crippen LogP contribution is -1.82. The van der Waals surface area contributed by atoms with Gasteiger partial charge in [-0.3, -0.25) is 0 Å². The highest BCUT2D eigenvalue weighted by Crippen LogP contribution is 2.37. The monoisotopic (exact) mass is 256 g/mol. The lowest BCUT2D eigenvalue weighted by atomic mass is 10.0. The van der Waals surface area contributed by atoms with Crippen LogP contribution in [0.1, 0.15) is 0 Å². The molecule has 1 nitrogen and oxygen atoms in total. The van der Waals surface area contributed by atoms with Gasteiger partial charge in [-0.1, -0.05) is 35.3 Å². The zero-order chi connectivity index (χ0) is 11.7. The largest absolute Gasteiger partial charge is 0.506 e. The summed E-state index contributed by atoms with van der Waals surface area (Å²) in [6, 6.07) is 8.75. The topological polar surface area (TPSA) is 20.2 Å². The highest BCUT2D eigenvalue weighted by molar-refractivity contribution is 6.36. The van der Waals surface area contributed by atoms with E-state index in [-0.39, 0.29) is 16.6 Å². The lowest BCUT2D eigenvalue weighted by molar-refractivity contribution is 0.477. The number of aromatic hydroxyl groups is 1. The third-order valence-corrected chi connectivity index (χ3v) is 2.69. The van der Waals surface area contributed by atoms with Crippen molar-refractivity contribution in [1.29, 1.82) is 0 Å². The minimum Gasteiger partial charge on any atom is -0.506 e. The Bertz CT molecular complexity index is 523. The molecule has 0 atom stereocenters. The van der Waals surface area contributed by atoms with Gasteiger partial charge in [0.2, 0.25) is 0 Å². The summed E-state index contributed by atoms with van der Waals surface area (Å²) in [5, 5.41) is 10.4. The van der Waals surface area contributed by atoms with E-state index in [1.54, 1.807) is 18.2 Å². The summed E-state index contributed by atoms with van der Waals surface area (Å²) in [6.07, 6.45) is 0. The summed E-state index contributed by atoms with van der Waals surface area (Å²) in [7, 11) is 0. The minimum atomic E-state index is -0.337. The van der Waals surface area contributed by atoms with Gasteiger partial charge in [0.15, 0.2) is 0 Å². The van der Waals surface area contributed by atoms with Crippen LogP contribution >= 0.6 is 23.2 Å². The fourth-order valence-corrected chi connectivity index (χ4v) is 1.91. The van der Waals surface area contributed by atoms with E-state index in [0.717, 1.165) is 0 Å². The second kappa shape index (κ2) is 4.32. The predicted octanol–water partition coefficient (Wildman–Crippen LogP) is 4.51. The number of hydrogen-bond acceptors (Lipinski definition) is 1. The van der Waals surface area contributed by atoms with Crippen LogP contribution in [0.2, 0.25) is 10.0 Å². The maximum Gasteiger partial charge on any atom is 0.142 e. The summed E-state index contributed by atoms with van der Waals surface area (Å²) in [6.45, 7) is 0. The van der Waals surface area contributed by atoms with E-state index in [1.807, 2.05) is 0 Å². The van der Waals surface area contributed by atoms with Crippen LogP contribution in [0.25, 0.3) is 11.1 Å². The molecule has 2 rings (SSSR count). The average Bonchev–Trinajstić information content (AvgIpc) is 2.25. The molecule has 0 radical (unpaired) electrons. The van der Waals surface area contributed by atoms with E-state index in [0.29, 0.717) is 16.1 Å². The van der Waals surface area contributed by atoms with Crippen molar-refractivity contribution in [3.8, 4) is 16.9 Å². The molecule has 4 heteroatoms. The van der Waals surface area contributed by atoms with Gasteiger partial charge in [-0.15, -0.1) is 0 Å². The molecule has 16 heavy (non-hydrogen) atoms. The Hall–Kier alpha value is -1.25. The van der Waals surface area contributed by atoms with Gasteiger partial charge in [-0.05, 0) is 29.8 Å². The molecule has 2 aromatic rings. The van der Waals surface area contributed by atoms with Crippen molar-refractivity contribution in [3.05, 3.63) is 52.3 Å². The van der Waals surface area contributed by atoms with E-state index in [2.05, 4.69) is 0 Å². The third kappa shape index (κ3) is 2.13. The molecule has 0 aromatic heterocycles. The van der Waals surface area contributed by atoms with Crippen LogP contribution < -0.4 is 0 Å². The van der Waals surface area contributed by atoms with Crippen LogP contribution in [0.15, 0.2) is 36.4 Å². The Labute approximate surface area is 102 Å². The first kappa shape index (κ1) is 11.2. The molecule has 0 aliphatic rings. The first-order valence-corrected chi connectivity index (χ1v) is 5.27. The van der Waals surface area contributed by atoms with Crippen LogP contribution in [0.3, 0.4) is 0 Å². The molecule has 0 aliphatic carbocycles. The fraction of sp³-hybridized carbons (Fsp3) is 0. The molecular weight excluding hydrogens is 250 g/mol. The van der Waals surface area contributed by atoms with Crippen molar-refractivity contribution in [2.24, 2.45) is 0 Å². The molecule has 0 saturated heterocycles. The van der Waals surface area contributed by atoms with E-state index >= 15 is 0 Å².